The lowest BCUT2D eigenvalue weighted by Crippen LogP contribution is -2.51. The van der Waals surface area contributed by atoms with Crippen molar-refractivity contribution in [1.29, 1.82) is 0 Å². The van der Waals surface area contributed by atoms with Crippen LogP contribution in [0.2, 0.25) is 5.02 Å². The normalized spacial score (nSPS) is 17.4. The Morgan fingerprint density at radius 1 is 1.07 bits per heavy atom. The van der Waals surface area contributed by atoms with Gasteiger partial charge in [0.05, 0.1) is 21.9 Å². The van der Waals surface area contributed by atoms with Gasteiger partial charge in [-0.25, -0.2) is 12.7 Å². The summed E-state index contributed by atoms with van der Waals surface area (Å²) in [7, 11) is -3.26. The topological polar surface area (TPSA) is 66.5 Å². The fourth-order valence-electron chi connectivity index (χ4n) is 3.54. The Kier molecular flexibility index (Phi) is 5.89. The summed E-state index contributed by atoms with van der Waals surface area (Å²) in [5.41, 5.74) is 0.659. The number of carbonyl (C=O) groups is 1. The fourth-order valence-corrected chi connectivity index (χ4v) is 4.82. The summed E-state index contributed by atoms with van der Waals surface area (Å²) >= 11 is 6.20. The molecule has 27 heavy (non-hydrogen) atoms. The fraction of sp³-hybridized carbons (Fsp3) is 0.350. The van der Waals surface area contributed by atoms with E-state index in [1.54, 1.807) is 25.1 Å². The van der Waals surface area contributed by atoms with Crippen LogP contribution in [0.1, 0.15) is 25.3 Å². The summed E-state index contributed by atoms with van der Waals surface area (Å²) in [6.07, 6.45) is 0.846. The molecule has 2 aromatic rings. The first-order valence-corrected chi connectivity index (χ1v) is 11.0. The zero-order valence-electron chi connectivity index (χ0n) is 15.2. The number of nitrogens with zero attached hydrogens (tertiary/aromatic N) is 1. The average molecular weight is 407 g/mol. The molecule has 0 spiro atoms. The molecule has 1 heterocycles. The third kappa shape index (κ3) is 4.03. The van der Waals surface area contributed by atoms with Crippen molar-refractivity contribution < 1.29 is 13.2 Å². The first kappa shape index (κ1) is 19.9. The maximum Gasteiger partial charge on any atom is 0.235 e. The summed E-state index contributed by atoms with van der Waals surface area (Å²) in [6, 6.07) is 16.7. The van der Waals surface area contributed by atoms with E-state index >= 15 is 0 Å². The van der Waals surface area contributed by atoms with Crippen molar-refractivity contribution in [2.24, 2.45) is 0 Å². The Hall–Kier alpha value is -1.89. The van der Waals surface area contributed by atoms with Crippen LogP contribution in [-0.2, 0) is 20.2 Å². The summed E-state index contributed by atoms with van der Waals surface area (Å²) in [5, 5.41) is 3.42. The van der Waals surface area contributed by atoms with E-state index in [2.05, 4.69) is 5.32 Å². The van der Waals surface area contributed by atoms with Gasteiger partial charge in [-0.1, -0.05) is 54.1 Å². The van der Waals surface area contributed by atoms with Crippen molar-refractivity contribution in [3.8, 4) is 0 Å². The highest BCUT2D eigenvalue weighted by atomic mass is 35.5. The second-order valence-electron chi connectivity index (χ2n) is 6.68. The molecular formula is C20H23ClN2O3S. The SMILES string of the molecule is CCS(=O)(=O)N1CCC(C(=O)Nc2ccccc2Cl)(c2ccccc2)CC1. The number of halogens is 1. The molecule has 0 atom stereocenters. The maximum absolute atomic E-state index is 13.3. The Bertz CT molecular complexity index is 908. The van der Waals surface area contributed by atoms with Crippen molar-refractivity contribution in [3.05, 3.63) is 65.2 Å². The molecule has 0 unspecified atom stereocenters. The number of anilines is 1. The lowest BCUT2D eigenvalue weighted by atomic mass is 9.72. The number of piperidine rings is 1. The molecule has 1 fully saturated rings. The number of sulfonamides is 1. The van der Waals surface area contributed by atoms with E-state index in [-0.39, 0.29) is 11.7 Å². The van der Waals surface area contributed by atoms with Gasteiger partial charge >= 0.3 is 0 Å². The van der Waals surface area contributed by atoms with Crippen LogP contribution in [0.4, 0.5) is 5.69 Å². The van der Waals surface area contributed by atoms with Crippen molar-refractivity contribution in [1.82, 2.24) is 4.31 Å². The predicted molar refractivity (Wildman–Crippen MR) is 108 cm³/mol. The number of rotatable bonds is 5. The molecule has 3 rings (SSSR count). The minimum Gasteiger partial charge on any atom is -0.324 e. The van der Waals surface area contributed by atoms with E-state index in [1.807, 2.05) is 36.4 Å². The van der Waals surface area contributed by atoms with Crippen LogP contribution in [0.5, 0.6) is 0 Å². The van der Waals surface area contributed by atoms with Crippen molar-refractivity contribution in [2.45, 2.75) is 25.2 Å². The molecule has 0 saturated carbocycles. The quantitative estimate of drug-likeness (QED) is 0.823. The number of benzene rings is 2. The minimum atomic E-state index is -3.26. The van der Waals surface area contributed by atoms with E-state index in [1.165, 1.54) is 4.31 Å². The Labute approximate surface area is 165 Å². The van der Waals surface area contributed by atoms with Crippen molar-refractivity contribution >= 4 is 33.2 Å². The molecule has 0 radical (unpaired) electrons. The number of nitrogens with one attached hydrogen (secondary N) is 1. The number of hydrogen-bond acceptors (Lipinski definition) is 3. The number of carbonyl (C=O) groups excluding carboxylic acids is 1. The third-order valence-electron chi connectivity index (χ3n) is 5.22. The molecule has 0 aliphatic carbocycles. The molecule has 1 saturated heterocycles. The number of amides is 1. The van der Waals surface area contributed by atoms with E-state index < -0.39 is 15.4 Å². The molecule has 1 aliphatic rings. The second-order valence-corrected chi connectivity index (χ2v) is 9.35. The second kappa shape index (κ2) is 8.00. The van der Waals surface area contributed by atoms with E-state index in [4.69, 9.17) is 11.6 Å². The van der Waals surface area contributed by atoms with Gasteiger partial charge in [0.25, 0.3) is 0 Å². The van der Waals surface area contributed by atoms with Crippen molar-refractivity contribution in [3.63, 3.8) is 0 Å². The third-order valence-corrected chi connectivity index (χ3v) is 7.43. The number of para-hydroxylation sites is 1. The molecule has 144 valence electrons. The summed E-state index contributed by atoms with van der Waals surface area (Å²) in [6.45, 7) is 2.28. The van der Waals surface area contributed by atoms with Crippen molar-refractivity contribution in [2.75, 3.05) is 24.2 Å². The maximum atomic E-state index is 13.3. The monoisotopic (exact) mass is 406 g/mol. The van der Waals surface area contributed by atoms with Crippen LogP contribution >= 0.6 is 11.6 Å². The van der Waals surface area contributed by atoms with Crippen LogP contribution < -0.4 is 5.32 Å². The first-order valence-electron chi connectivity index (χ1n) is 8.98. The largest absolute Gasteiger partial charge is 0.324 e. The Balaban J connectivity index is 1.91. The first-order chi connectivity index (χ1) is 12.9. The molecule has 1 aliphatic heterocycles. The lowest BCUT2D eigenvalue weighted by Gasteiger charge is -2.40. The van der Waals surface area contributed by atoms with Gasteiger partial charge < -0.3 is 5.32 Å². The summed E-state index contributed by atoms with van der Waals surface area (Å²) < 4.78 is 25.9. The molecule has 1 N–H and O–H groups in total. The molecule has 1 amide bonds. The number of hydrogen-bond donors (Lipinski definition) is 1. The van der Waals surface area contributed by atoms with Gasteiger partial charge in [-0.3, -0.25) is 4.79 Å². The highest BCUT2D eigenvalue weighted by molar-refractivity contribution is 7.89. The molecule has 0 bridgehead atoms. The molecule has 5 nitrogen and oxygen atoms in total. The molecule has 7 heteroatoms. The van der Waals surface area contributed by atoms with Crippen LogP contribution in [0.3, 0.4) is 0 Å². The molecule has 2 aromatic carbocycles. The van der Waals surface area contributed by atoms with Gasteiger partial charge in [0.15, 0.2) is 0 Å². The summed E-state index contributed by atoms with van der Waals surface area (Å²) in [5.74, 6) is -0.0905. The van der Waals surface area contributed by atoms with Crippen LogP contribution in [-0.4, -0.2) is 37.5 Å². The van der Waals surface area contributed by atoms with Gasteiger partial charge in [-0.05, 0) is 37.5 Å². The smallest absolute Gasteiger partial charge is 0.235 e. The van der Waals surface area contributed by atoms with E-state index in [0.717, 1.165) is 5.56 Å². The lowest BCUT2D eigenvalue weighted by molar-refractivity contribution is -0.123. The Morgan fingerprint density at radius 3 is 2.26 bits per heavy atom. The van der Waals surface area contributed by atoms with Crippen LogP contribution in [0.15, 0.2) is 54.6 Å². The molecular weight excluding hydrogens is 384 g/mol. The van der Waals surface area contributed by atoms with E-state index in [0.29, 0.717) is 36.6 Å². The van der Waals surface area contributed by atoms with Gasteiger partial charge in [0.2, 0.25) is 15.9 Å². The minimum absolute atomic E-state index is 0.0666. The van der Waals surface area contributed by atoms with Gasteiger partial charge in [0, 0.05) is 13.1 Å². The zero-order chi connectivity index (χ0) is 19.5. The Morgan fingerprint density at radius 2 is 1.67 bits per heavy atom. The van der Waals surface area contributed by atoms with Crippen LogP contribution in [0.25, 0.3) is 0 Å². The van der Waals surface area contributed by atoms with Crippen LogP contribution in [0, 0.1) is 0 Å². The van der Waals surface area contributed by atoms with Gasteiger partial charge in [-0.2, -0.15) is 0 Å². The van der Waals surface area contributed by atoms with Gasteiger partial charge in [-0.15, -0.1) is 0 Å². The molecule has 0 aromatic heterocycles. The van der Waals surface area contributed by atoms with Gasteiger partial charge in [0.1, 0.15) is 0 Å². The average Bonchev–Trinajstić information content (AvgIpc) is 2.70. The standard InChI is InChI=1S/C20H23ClN2O3S/c1-2-27(25,26)23-14-12-20(13-15-23,16-8-4-3-5-9-16)19(24)22-18-11-7-6-10-17(18)21/h3-11H,2,12-15H2,1H3,(H,22,24). The zero-order valence-corrected chi connectivity index (χ0v) is 16.8. The van der Waals surface area contributed by atoms with E-state index in [9.17, 15) is 13.2 Å². The highest BCUT2D eigenvalue weighted by Gasteiger charge is 2.44. The predicted octanol–water partition coefficient (Wildman–Crippen LogP) is 3.66. The summed E-state index contributed by atoms with van der Waals surface area (Å²) in [4.78, 5) is 13.3. The highest BCUT2D eigenvalue weighted by Crippen LogP contribution is 2.38.